The van der Waals surface area contributed by atoms with Gasteiger partial charge in [0.05, 0.1) is 5.54 Å². The monoisotopic (exact) mass is 305 g/mol. The quantitative estimate of drug-likeness (QED) is 0.864. The van der Waals surface area contributed by atoms with E-state index in [4.69, 9.17) is 10.8 Å². The second kappa shape index (κ2) is 5.32. The highest BCUT2D eigenvalue weighted by Gasteiger charge is 2.33. The van der Waals surface area contributed by atoms with E-state index >= 15 is 0 Å². The number of hydrogen-bond donors (Lipinski definition) is 1. The van der Waals surface area contributed by atoms with Crippen LogP contribution in [0, 0.1) is 0 Å². The maximum atomic E-state index is 6.69. The summed E-state index contributed by atoms with van der Waals surface area (Å²) in [6.45, 7) is 0. The number of aromatic nitrogens is 4. The Hall–Kier alpha value is -1.01. The van der Waals surface area contributed by atoms with E-state index in [0.29, 0.717) is 5.92 Å². The molecule has 4 rings (SSSR count). The third kappa shape index (κ3) is 2.38. The van der Waals surface area contributed by atoms with E-state index in [1.54, 1.807) is 11.3 Å². The largest absolute Gasteiger partial charge is 0.319 e. The molecule has 0 unspecified atom stereocenters. The van der Waals surface area contributed by atoms with Gasteiger partial charge < -0.3 is 5.73 Å². The van der Waals surface area contributed by atoms with Crippen LogP contribution in [-0.2, 0) is 5.54 Å². The number of rotatable bonds is 2. The van der Waals surface area contributed by atoms with E-state index in [0.717, 1.165) is 28.6 Å². The van der Waals surface area contributed by atoms with E-state index in [1.165, 1.54) is 51.4 Å². The maximum absolute atomic E-state index is 6.69. The van der Waals surface area contributed by atoms with Gasteiger partial charge in [-0.05, 0) is 25.7 Å². The Bertz CT molecular complexity index is 617. The Morgan fingerprint density at radius 1 is 1.00 bits per heavy atom. The van der Waals surface area contributed by atoms with Crippen molar-refractivity contribution in [3.8, 4) is 0 Å². The molecule has 2 aromatic heterocycles. The van der Waals surface area contributed by atoms with Crippen LogP contribution >= 0.6 is 11.3 Å². The highest BCUT2D eigenvalue weighted by molar-refractivity contribution is 7.16. The predicted molar refractivity (Wildman–Crippen MR) is 83.4 cm³/mol. The molecule has 0 spiro atoms. The summed E-state index contributed by atoms with van der Waals surface area (Å²) in [6, 6.07) is 0. The fourth-order valence-electron chi connectivity index (χ4n) is 3.85. The molecule has 0 aromatic carbocycles. The van der Waals surface area contributed by atoms with E-state index in [-0.39, 0.29) is 5.54 Å². The summed E-state index contributed by atoms with van der Waals surface area (Å²) in [5.41, 5.74) is 6.45. The zero-order valence-corrected chi connectivity index (χ0v) is 13.2. The zero-order chi connectivity index (χ0) is 14.3. The molecule has 2 aromatic rings. The minimum absolute atomic E-state index is 0.241. The summed E-state index contributed by atoms with van der Waals surface area (Å²) in [5.74, 6) is 1.60. The van der Waals surface area contributed by atoms with E-state index in [1.807, 2.05) is 4.52 Å². The minimum atomic E-state index is -0.241. The number of hydrogen-bond acceptors (Lipinski definition) is 5. The van der Waals surface area contributed by atoms with Crippen molar-refractivity contribution in [3.63, 3.8) is 0 Å². The van der Waals surface area contributed by atoms with Gasteiger partial charge in [0.1, 0.15) is 5.01 Å². The molecule has 21 heavy (non-hydrogen) atoms. The SMILES string of the molecule is NC1(c2nn3c(C4CCCC4)nnc3s2)CCCCCC1. The van der Waals surface area contributed by atoms with Crippen LogP contribution in [-0.4, -0.2) is 19.8 Å². The van der Waals surface area contributed by atoms with Crippen LogP contribution in [0.1, 0.15) is 81.0 Å². The molecule has 0 aliphatic heterocycles. The molecule has 2 aliphatic rings. The first kappa shape index (κ1) is 13.6. The topological polar surface area (TPSA) is 69.1 Å². The Balaban J connectivity index is 1.70. The van der Waals surface area contributed by atoms with Crippen LogP contribution in [0.3, 0.4) is 0 Å². The second-order valence-electron chi connectivity index (χ2n) is 6.71. The van der Waals surface area contributed by atoms with E-state index < -0.39 is 0 Å². The van der Waals surface area contributed by atoms with Crippen molar-refractivity contribution in [1.29, 1.82) is 0 Å². The van der Waals surface area contributed by atoms with Crippen LogP contribution < -0.4 is 5.73 Å². The van der Waals surface area contributed by atoms with Gasteiger partial charge in [-0.15, -0.1) is 10.2 Å². The standard InChI is InChI=1S/C15H23N5S/c16-15(9-5-1-2-6-10-15)13-19-20-12(11-7-3-4-8-11)17-18-14(20)21-13/h11H,1-10,16H2. The molecule has 114 valence electrons. The summed E-state index contributed by atoms with van der Waals surface area (Å²) < 4.78 is 1.98. The van der Waals surface area contributed by atoms with Crippen LogP contribution in [0.2, 0.25) is 0 Å². The fourth-order valence-corrected chi connectivity index (χ4v) is 4.85. The molecular formula is C15H23N5S. The highest BCUT2D eigenvalue weighted by atomic mass is 32.1. The van der Waals surface area contributed by atoms with Gasteiger partial charge >= 0.3 is 0 Å². The average Bonchev–Trinajstić information content (AvgIpc) is 3.15. The third-order valence-electron chi connectivity index (χ3n) is 5.16. The van der Waals surface area contributed by atoms with Crippen LogP contribution in [0.15, 0.2) is 0 Å². The molecule has 2 aliphatic carbocycles. The van der Waals surface area contributed by atoms with Crippen molar-refractivity contribution in [1.82, 2.24) is 19.8 Å². The molecule has 0 atom stereocenters. The first-order valence-electron chi connectivity index (χ1n) is 8.28. The van der Waals surface area contributed by atoms with Crippen molar-refractivity contribution in [2.24, 2.45) is 5.73 Å². The normalized spacial score (nSPS) is 23.7. The molecule has 2 N–H and O–H groups in total. The highest BCUT2D eigenvalue weighted by Crippen LogP contribution is 2.38. The zero-order valence-electron chi connectivity index (χ0n) is 12.4. The lowest BCUT2D eigenvalue weighted by atomic mass is 9.92. The summed E-state index contributed by atoms with van der Waals surface area (Å²) in [4.78, 5) is 0.918. The molecule has 2 heterocycles. The fraction of sp³-hybridized carbons (Fsp3) is 0.800. The lowest BCUT2D eigenvalue weighted by molar-refractivity contribution is 0.379. The molecule has 2 fully saturated rings. The van der Waals surface area contributed by atoms with Gasteiger partial charge in [-0.2, -0.15) is 9.61 Å². The summed E-state index contributed by atoms with van der Waals surface area (Å²) in [6.07, 6.45) is 12.2. The van der Waals surface area contributed by atoms with Crippen LogP contribution in [0.25, 0.3) is 4.96 Å². The first-order chi connectivity index (χ1) is 10.3. The van der Waals surface area contributed by atoms with E-state index in [9.17, 15) is 0 Å². The second-order valence-corrected chi connectivity index (χ2v) is 7.67. The summed E-state index contributed by atoms with van der Waals surface area (Å²) in [5, 5.41) is 14.6. The predicted octanol–water partition coefficient (Wildman–Crippen LogP) is 3.35. The first-order valence-corrected chi connectivity index (χ1v) is 9.09. The van der Waals surface area contributed by atoms with Crippen LogP contribution in [0.4, 0.5) is 0 Å². The number of nitrogens with zero attached hydrogens (tertiary/aromatic N) is 4. The van der Waals surface area contributed by atoms with Crippen molar-refractivity contribution >= 4 is 16.3 Å². The molecule has 0 saturated heterocycles. The van der Waals surface area contributed by atoms with Gasteiger partial charge in [0, 0.05) is 5.92 Å². The van der Waals surface area contributed by atoms with Gasteiger partial charge in [-0.3, -0.25) is 0 Å². The van der Waals surface area contributed by atoms with Crippen molar-refractivity contribution in [2.45, 2.75) is 75.7 Å². The molecule has 5 nitrogen and oxygen atoms in total. The Labute approximate surface area is 128 Å². The Kier molecular flexibility index (Phi) is 3.46. The lowest BCUT2D eigenvalue weighted by Crippen LogP contribution is -2.36. The van der Waals surface area contributed by atoms with E-state index in [2.05, 4.69) is 10.2 Å². The molecular weight excluding hydrogens is 282 g/mol. The Morgan fingerprint density at radius 2 is 1.71 bits per heavy atom. The van der Waals surface area contributed by atoms with Crippen molar-refractivity contribution < 1.29 is 0 Å². The smallest absolute Gasteiger partial charge is 0.234 e. The van der Waals surface area contributed by atoms with Gasteiger partial charge in [0.2, 0.25) is 4.96 Å². The number of fused-ring (bicyclic) bond motifs is 1. The Morgan fingerprint density at radius 3 is 2.43 bits per heavy atom. The molecule has 6 heteroatoms. The molecule has 0 amide bonds. The van der Waals surface area contributed by atoms with Gasteiger partial charge in [-0.1, -0.05) is 49.9 Å². The van der Waals surface area contributed by atoms with Gasteiger partial charge in [0.15, 0.2) is 5.82 Å². The molecule has 0 bridgehead atoms. The molecule has 0 radical (unpaired) electrons. The number of nitrogens with two attached hydrogens (primary N) is 1. The third-order valence-corrected chi connectivity index (χ3v) is 6.28. The summed E-state index contributed by atoms with van der Waals surface area (Å²) in [7, 11) is 0. The van der Waals surface area contributed by atoms with Gasteiger partial charge in [-0.25, -0.2) is 0 Å². The minimum Gasteiger partial charge on any atom is -0.319 e. The maximum Gasteiger partial charge on any atom is 0.234 e. The van der Waals surface area contributed by atoms with Gasteiger partial charge in [0.25, 0.3) is 0 Å². The van der Waals surface area contributed by atoms with Crippen molar-refractivity contribution in [3.05, 3.63) is 10.8 Å². The lowest BCUT2D eigenvalue weighted by Gasteiger charge is -2.24. The van der Waals surface area contributed by atoms with Crippen molar-refractivity contribution in [2.75, 3.05) is 0 Å². The summed E-state index contributed by atoms with van der Waals surface area (Å²) >= 11 is 1.64. The van der Waals surface area contributed by atoms with Crippen LogP contribution in [0.5, 0.6) is 0 Å². The average molecular weight is 305 g/mol. The molecule has 2 saturated carbocycles.